The van der Waals surface area contributed by atoms with Crippen molar-refractivity contribution in [2.24, 2.45) is 22.7 Å². The van der Waals surface area contributed by atoms with Crippen LogP contribution in [0.5, 0.6) is 0 Å². The lowest BCUT2D eigenvalue weighted by Crippen LogP contribution is -2.65. The maximum absolute atomic E-state index is 12.0. The van der Waals surface area contributed by atoms with Crippen molar-refractivity contribution in [2.45, 2.75) is 79.4 Å². The van der Waals surface area contributed by atoms with Crippen molar-refractivity contribution in [3.8, 4) is 0 Å². The number of allylic oxidation sites excluding steroid dienone is 1. The molecule has 0 amide bonds. The summed E-state index contributed by atoms with van der Waals surface area (Å²) >= 11 is 0. The minimum atomic E-state index is -0.484. The van der Waals surface area contributed by atoms with Crippen LogP contribution in [0, 0.1) is 22.7 Å². The molecule has 0 radical (unpaired) electrons. The van der Waals surface area contributed by atoms with E-state index in [-0.39, 0.29) is 28.7 Å². The maximum Gasteiger partial charge on any atom is 0.303 e. The molecule has 0 aromatic carbocycles. The predicted molar refractivity (Wildman–Crippen MR) is 110 cm³/mol. The summed E-state index contributed by atoms with van der Waals surface area (Å²) in [6, 6.07) is 2.01. The molecule has 1 saturated carbocycles. The Balaban J connectivity index is 2.06. The van der Waals surface area contributed by atoms with E-state index in [0.717, 1.165) is 25.7 Å². The van der Waals surface area contributed by atoms with Gasteiger partial charge in [-0.3, -0.25) is 9.59 Å². The molecule has 0 bridgehead atoms. The summed E-state index contributed by atoms with van der Waals surface area (Å²) in [7, 11) is 0. The number of esters is 2. The highest BCUT2D eigenvalue weighted by Gasteiger charge is 2.63. The molecule has 1 aromatic heterocycles. The molecule has 160 valence electrons. The normalized spacial score (nSPS) is 36.7. The number of aryl methyl sites for hydroxylation is 1. The largest absolute Gasteiger partial charge is 0.472 e. The van der Waals surface area contributed by atoms with Gasteiger partial charge in [0, 0.05) is 25.2 Å². The number of fused-ring (bicyclic) bond motifs is 1. The van der Waals surface area contributed by atoms with Gasteiger partial charge >= 0.3 is 11.9 Å². The van der Waals surface area contributed by atoms with Crippen molar-refractivity contribution in [1.82, 2.24) is 0 Å². The Morgan fingerprint density at radius 1 is 1.21 bits per heavy atom. The second kappa shape index (κ2) is 8.00. The SMILES string of the molecule is CC(=O)OC1C(C)C(C)(CCc2ccoc2)C2CCC=C(C)C2(C)C1OC(C)=O. The summed E-state index contributed by atoms with van der Waals surface area (Å²) in [5.41, 5.74) is 1.94. The summed E-state index contributed by atoms with van der Waals surface area (Å²) in [6.07, 6.45) is 8.70. The van der Waals surface area contributed by atoms with Crippen LogP contribution in [-0.2, 0) is 25.5 Å². The van der Waals surface area contributed by atoms with Gasteiger partial charge in [-0.2, -0.15) is 0 Å². The van der Waals surface area contributed by atoms with Crippen LogP contribution in [0.4, 0.5) is 0 Å². The Morgan fingerprint density at radius 3 is 2.48 bits per heavy atom. The van der Waals surface area contributed by atoms with Crippen molar-refractivity contribution >= 4 is 11.9 Å². The molecule has 6 atom stereocenters. The van der Waals surface area contributed by atoms with Crippen molar-refractivity contribution in [3.63, 3.8) is 0 Å². The molecule has 5 heteroatoms. The first-order chi connectivity index (χ1) is 13.6. The molecule has 0 aliphatic heterocycles. The Bertz CT molecular complexity index is 779. The quantitative estimate of drug-likeness (QED) is 0.507. The lowest BCUT2D eigenvalue weighted by Gasteiger charge is -2.62. The summed E-state index contributed by atoms with van der Waals surface area (Å²) in [4.78, 5) is 24.0. The first kappa shape index (κ1) is 21.7. The van der Waals surface area contributed by atoms with Gasteiger partial charge in [0.15, 0.2) is 0 Å². The highest BCUT2D eigenvalue weighted by molar-refractivity contribution is 5.67. The molecule has 0 N–H and O–H groups in total. The molecule has 2 aliphatic carbocycles. The topological polar surface area (TPSA) is 65.7 Å². The fourth-order valence-electron chi connectivity index (χ4n) is 5.97. The summed E-state index contributed by atoms with van der Waals surface area (Å²) < 4.78 is 17.0. The van der Waals surface area contributed by atoms with E-state index >= 15 is 0 Å². The first-order valence-corrected chi connectivity index (χ1v) is 10.6. The van der Waals surface area contributed by atoms with Crippen molar-refractivity contribution in [1.29, 1.82) is 0 Å². The molecule has 0 saturated heterocycles. The number of ether oxygens (including phenoxy) is 2. The van der Waals surface area contributed by atoms with Gasteiger partial charge in [-0.25, -0.2) is 0 Å². The Hall–Kier alpha value is -2.04. The number of carbonyl (C=O) groups is 2. The molecule has 2 aliphatic rings. The Labute approximate surface area is 173 Å². The lowest BCUT2D eigenvalue weighted by molar-refractivity contribution is -0.222. The molecule has 29 heavy (non-hydrogen) atoms. The molecule has 6 unspecified atom stereocenters. The molecular formula is C24H34O5. The van der Waals surface area contributed by atoms with Gasteiger partial charge < -0.3 is 13.9 Å². The zero-order valence-electron chi connectivity index (χ0n) is 18.5. The summed E-state index contributed by atoms with van der Waals surface area (Å²) in [5, 5.41) is 0. The molecule has 0 spiro atoms. The van der Waals surface area contributed by atoms with Gasteiger partial charge in [0.1, 0.15) is 12.2 Å². The summed E-state index contributed by atoms with van der Waals surface area (Å²) in [5.74, 6) is -0.305. The van der Waals surface area contributed by atoms with Crippen LogP contribution in [0.1, 0.15) is 66.4 Å². The van der Waals surface area contributed by atoms with E-state index in [4.69, 9.17) is 13.9 Å². The number of hydrogen-bond donors (Lipinski definition) is 0. The van der Waals surface area contributed by atoms with Crippen LogP contribution in [0.15, 0.2) is 34.7 Å². The first-order valence-electron chi connectivity index (χ1n) is 10.6. The predicted octanol–water partition coefficient (Wildman–Crippen LogP) is 5.09. The van der Waals surface area contributed by atoms with Crippen LogP contribution in [-0.4, -0.2) is 24.1 Å². The van der Waals surface area contributed by atoms with E-state index in [0.29, 0.717) is 5.92 Å². The average molecular weight is 403 g/mol. The molecule has 1 aromatic rings. The number of rotatable bonds is 5. The monoisotopic (exact) mass is 402 g/mol. The van der Waals surface area contributed by atoms with Crippen molar-refractivity contribution < 1.29 is 23.5 Å². The van der Waals surface area contributed by atoms with Crippen LogP contribution in [0.2, 0.25) is 0 Å². The van der Waals surface area contributed by atoms with E-state index in [9.17, 15) is 9.59 Å². The summed E-state index contributed by atoms with van der Waals surface area (Å²) in [6.45, 7) is 11.6. The zero-order chi connectivity index (χ0) is 21.4. The van der Waals surface area contributed by atoms with Gasteiger partial charge in [-0.1, -0.05) is 32.4 Å². The number of hydrogen-bond acceptors (Lipinski definition) is 5. The van der Waals surface area contributed by atoms with E-state index in [1.165, 1.54) is 25.0 Å². The third kappa shape index (κ3) is 3.76. The second-order valence-corrected chi connectivity index (χ2v) is 9.33. The van der Waals surface area contributed by atoms with Gasteiger partial charge in [-0.05, 0) is 55.6 Å². The molecule has 3 rings (SSSR count). The highest BCUT2D eigenvalue weighted by Crippen LogP contribution is 2.63. The average Bonchev–Trinajstić information content (AvgIpc) is 3.16. The van der Waals surface area contributed by atoms with E-state index < -0.39 is 12.2 Å². The van der Waals surface area contributed by atoms with E-state index in [2.05, 4.69) is 33.8 Å². The van der Waals surface area contributed by atoms with E-state index in [1.807, 2.05) is 6.07 Å². The fourth-order valence-corrected chi connectivity index (χ4v) is 5.97. The second-order valence-electron chi connectivity index (χ2n) is 9.33. The van der Waals surface area contributed by atoms with Gasteiger partial charge in [0.2, 0.25) is 0 Å². The Morgan fingerprint density at radius 2 is 1.90 bits per heavy atom. The maximum atomic E-state index is 12.0. The number of carbonyl (C=O) groups excluding carboxylic acids is 2. The van der Waals surface area contributed by atoms with Crippen molar-refractivity contribution in [2.75, 3.05) is 0 Å². The van der Waals surface area contributed by atoms with Crippen LogP contribution >= 0.6 is 0 Å². The third-order valence-corrected chi connectivity index (χ3v) is 7.83. The van der Waals surface area contributed by atoms with Crippen molar-refractivity contribution in [3.05, 3.63) is 35.8 Å². The zero-order valence-corrected chi connectivity index (χ0v) is 18.5. The minimum Gasteiger partial charge on any atom is -0.472 e. The van der Waals surface area contributed by atoms with Gasteiger partial charge in [0.05, 0.1) is 12.5 Å². The highest BCUT2D eigenvalue weighted by atomic mass is 16.6. The molecule has 5 nitrogen and oxygen atoms in total. The van der Waals surface area contributed by atoms with Gasteiger partial charge in [0.25, 0.3) is 0 Å². The lowest BCUT2D eigenvalue weighted by atomic mass is 9.45. The minimum absolute atomic E-state index is 0.0478. The molecule has 1 fully saturated rings. The van der Waals surface area contributed by atoms with Gasteiger partial charge in [-0.15, -0.1) is 0 Å². The van der Waals surface area contributed by atoms with Crippen LogP contribution in [0.3, 0.4) is 0 Å². The fraction of sp³-hybridized carbons (Fsp3) is 0.667. The molecule has 1 heterocycles. The molecular weight excluding hydrogens is 368 g/mol. The van der Waals surface area contributed by atoms with Crippen LogP contribution in [0.25, 0.3) is 0 Å². The van der Waals surface area contributed by atoms with Crippen LogP contribution < -0.4 is 0 Å². The smallest absolute Gasteiger partial charge is 0.303 e. The van der Waals surface area contributed by atoms with E-state index in [1.54, 1.807) is 12.5 Å². The Kier molecular flexibility index (Phi) is 5.98. The third-order valence-electron chi connectivity index (χ3n) is 7.83. The number of furan rings is 1. The standard InChI is InChI=1S/C24H34O5/c1-15-8-7-9-20-23(5,12-10-19-11-13-27-14-19)16(2)21(28-17(3)25)22(24(15,20)6)29-18(4)26/h8,11,13-14,16,20-22H,7,9-10,12H2,1-6H3.